The first-order valence-corrected chi connectivity index (χ1v) is 6.33. The molecule has 1 aliphatic heterocycles. The van der Waals surface area contributed by atoms with Crippen molar-refractivity contribution in [1.82, 2.24) is 20.8 Å². The third-order valence-corrected chi connectivity index (χ3v) is 2.73. The van der Waals surface area contributed by atoms with E-state index >= 15 is 0 Å². The van der Waals surface area contributed by atoms with Crippen LogP contribution >= 0.6 is 0 Å². The molecule has 0 radical (unpaired) electrons. The van der Waals surface area contributed by atoms with E-state index in [4.69, 9.17) is 9.26 Å². The molecule has 1 unspecified atom stereocenters. The molecule has 0 aromatic carbocycles. The minimum Gasteiger partial charge on any atom is -0.375 e. The first-order valence-electron chi connectivity index (χ1n) is 6.33. The fourth-order valence-corrected chi connectivity index (χ4v) is 1.80. The quantitative estimate of drug-likeness (QED) is 0.660. The molecule has 1 aromatic heterocycles. The van der Waals surface area contributed by atoms with Crippen LogP contribution in [0.2, 0.25) is 0 Å². The van der Waals surface area contributed by atoms with Crippen molar-refractivity contribution in [2.45, 2.75) is 25.3 Å². The van der Waals surface area contributed by atoms with Gasteiger partial charge in [0.05, 0.1) is 19.1 Å². The summed E-state index contributed by atoms with van der Waals surface area (Å²) in [5.74, 6) is 0.616. The molecule has 1 saturated heterocycles. The van der Waals surface area contributed by atoms with Gasteiger partial charge in [-0.3, -0.25) is 4.79 Å². The topological polar surface area (TPSA) is 89.3 Å². The van der Waals surface area contributed by atoms with E-state index in [2.05, 4.69) is 20.8 Å². The molecule has 112 valence electrons. The molecule has 0 saturated carbocycles. The molecule has 1 fully saturated rings. The van der Waals surface area contributed by atoms with E-state index < -0.39 is 13.0 Å². The first-order chi connectivity index (χ1) is 9.65. The number of alkyl halides is 2. The van der Waals surface area contributed by atoms with Crippen molar-refractivity contribution < 1.29 is 22.8 Å². The lowest BCUT2D eigenvalue weighted by atomic mass is 10.1. The summed E-state index contributed by atoms with van der Waals surface area (Å²) in [5.41, 5.74) is 0. The maximum absolute atomic E-state index is 11.8. The van der Waals surface area contributed by atoms with Gasteiger partial charge in [-0.25, -0.2) is 8.78 Å². The Morgan fingerprint density at radius 3 is 3.05 bits per heavy atom. The minimum absolute atomic E-state index is 0.101. The SMILES string of the molecule is O=C1NCCNC1Cc1nc(CCOCC(F)F)no1. The third kappa shape index (κ3) is 4.49. The lowest BCUT2D eigenvalue weighted by Crippen LogP contribution is -2.53. The Morgan fingerprint density at radius 1 is 1.45 bits per heavy atom. The minimum atomic E-state index is -2.48. The molecule has 2 N–H and O–H groups in total. The van der Waals surface area contributed by atoms with Crippen molar-refractivity contribution in [2.75, 3.05) is 26.3 Å². The van der Waals surface area contributed by atoms with Gasteiger partial charge in [0.1, 0.15) is 6.61 Å². The van der Waals surface area contributed by atoms with Gasteiger partial charge in [-0.15, -0.1) is 0 Å². The van der Waals surface area contributed by atoms with Crippen LogP contribution in [0.5, 0.6) is 0 Å². The van der Waals surface area contributed by atoms with Gasteiger partial charge in [-0.05, 0) is 0 Å². The molecule has 1 atom stereocenters. The zero-order valence-corrected chi connectivity index (χ0v) is 10.8. The standard InChI is InChI=1S/C11H16F2N4O3/c12-8(13)6-19-4-1-9-16-10(20-17-9)5-7-11(18)15-3-2-14-7/h7-8,14H,1-6H2,(H,15,18). The summed E-state index contributed by atoms with van der Waals surface area (Å²) in [6, 6.07) is -0.382. The lowest BCUT2D eigenvalue weighted by molar-refractivity contribution is -0.124. The van der Waals surface area contributed by atoms with Crippen LogP contribution in [-0.4, -0.2) is 54.8 Å². The molecule has 7 nitrogen and oxygen atoms in total. The Bertz CT molecular complexity index is 441. The highest BCUT2D eigenvalue weighted by atomic mass is 19.3. The van der Waals surface area contributed by atoms with Crippen LogP contribution in [0.25, 0.3) is 0 Å². The summed E-state index contributed by atoms with van der Waals surface area (Å²) in [6.07, 6.45) is -1.89. The largest absolute Gasteiger partial charge is 0.375 e. The highest BCUT2D eigenvalue weighted by molar-refractivity contribution is 5.82. The number of rotatable bonds is 7. The summed E-state index contributed by atoms with van der Waals surface area (Å²) >= 11 is 0. The molecule has 20 heavy (non-hydrogen) atoms. The van der Waals surface area contributed by atoms with Crippen LogP contribution in [0.3, 0.4) is 0 Å². The Labute approximate surface area is 114 Å². The Kier molecular flexibility index (Phi) is 5.36. The van der Waals surface area contributed by atoms with Gasteiger partial charge in [0.15, 0.2) is 5.82 Å². The highest BCUT2D eigenvalue weighted by Crippen LogP contribution is 2.04. The second-order valence-corrected chi connectivity index (χ2v) is 4.32. The molecule has 0 aliphatic carbocycles. The monoisotopic (exact) mass is 290 g/mol. The number of carbonyl (C=O) groups is 1. The van der Waals surface area contributed by atoms with Gasteiger partial charge in [0, 0.05) is 19.5 Å². The molecule has 1 aliphatic rings. The summed E-state index contributed by atoms with van der Waals surface area (Å²) in [6.45, 7) is 0.799. The van der Waals surface area contributed by atoms with Crippen LogP contribution in [0.15, 0.2) is 4.52 Å². The van der Waals surface area contributed by atoms with E-state index in [1.54, 1.807) is 0 Å². The summed E-state index contributed by atoms with van der Waals surface area (Å²) in [7, 11) is 0. The van der Waals surface area contributed by atoms with Crippen LogP contribution in [0.4, 0.5) is 8.78 Å². The number of aromatic nitrogens is 2. The van der Waals surface area contributed by atoms with Gasteiger partial charge >= 0.3 is 0 Å². The van der Waals surface area contributed by atoms with Crippen LogP contribution in [0, 0.1) is 0 Å². The number of nitrogens with zero attached hydrogens (tertiary/aromatic N) is 2. The van der Waals surface area contributed by atoms with Gasteiger partial charge in [-0.1, -0.05) is 5.16 Å². The molecule has 2 rings (SSSR count). The van der Waals surface area contributed by atoms with Crippen LogP contribution < -0.4 is 10.6 Å². The molecule has 2 heterocycles. The van der Waals surface area contributed by atoms with E-state index in [1.807, 2.05) is 0 Å². The second kappa shape index (κ2) is 7.25. The molecule has 1 aromatic rings. The predicted octanol–water partition coefficient (Wildman–Crippen LogP) is -0.476. The van der Waals surface area contributed by atoms with Gasteiger partial charge in [0.25, 0.3) is 6.43 Å². The maximum atomic E-state index is 11.8. The number of amides is 1. The van der Waals surface area contributed by atoms with E-state index in [9.17, 15) is 13.6 Å². The number of nitrogens with one attached hydrogen (secondary N) is 2. The lowest BCUT2D eigenvalue weighted by Gasteiger charge is -2.21. The second-order valence-electron chi connectivity index (χ2n) is 4.32. The van der Waals surface area contributed by atoms with Gasteiger partial charge in [-0.2, -0.15) is 4.98 Å². The molecular weight excluding hydrogens is 274 g/mol. The van der Waals surface area contributed by atoms with Crippen molar-refractivity contribution in [2.24, 2.45) is 0 Å². The van der Waals surface area contributed by atoms with Crippen molar-refractivity contribution in [1.29, 1.82) is 0 Å². The molecule has 1 amide bonds. The van der Waals surface area contributed by atoms with Crippen molar-refractivity contribution in [3.8, 4) is 0 Å². The van der Waals surface area contributed by atoms with Gasteiger partial charge in [0.2, 0.25) is 11.8 Å². The molecular formula is C11H16F2N4O3. The number of carbonyl (C=O) groups excluding carboxylic acids is 1. The van der Waals surface area contributed by atoms with E-state index in [-0.39, 0.29) is 18.6 Å². The summed E-state index contributed by atoms with van der Waals surface area (Å²) in [4.78, 5) is 15.6. The molecule has 0 bridgehead atoms. The maximum Gasteiger partial charge on any atom is 0.261 e. The van der Waals surface area contributed by atoms with Crippen LogP contribution in [0.1, 0.15) is 11.7 Å². The normalized spacial score (nSPS) is 19.4. The number of hydrogen-bond donors (Lipinski definition) is 2. The number of halogens is 2. The molecule has 0 spiro atoms. The summed E-state index contributed by atoms with van der Waals surface area (Å²) < 4.78 is 33.4. The predicted molar refractivity (Wildman–Crippen MR) is 63.3 cm³/mol. The fraction of sp³-hybridized carbons (Fsp3) is 0.727. The first kappa shape index (κ1) is 14.8. The molecule has 9 heteroatoms. The van der Waals surface area contributed by atoms with Crippen molar-refractivity contribution >= 4 is 5.91 Å². The van der Waals surface area contributed by atoms with Crippen molar-refractivity contribution in [3.05, 3.63) is 11.7 Å². The average molecular weight is 290 g/mol. The third-order valence-electron chi connectivity index (χ3n) is 2.73. The number of piperazine rings is 1. The van der Waals surface area contributed by atoms with Crippen LogP contribution in [-0.2, 0) is 22.4 Å². The van der Waals surface area contributed by atoms with Crippen molar-refractivity contribution in [3.63, 3.8) is 0 Å². The zero-order valence-electron chi connectivity index (χ0n) is 10.8. The van der Waals surface area contributed by atoms with E-state index in [0.717, 1.165) is 0 Å². The van der Waals surface area contributed by atoms with E-state index in [0.29, 0.717) is 37.6 Å². The summed E-state index contributed by atoms with van der Waals surface area (Å²) in [5, 5.41) is 9.48. The number of ether oxygens (including phenoxy) is 1. The zero-order chi connectivity index (χ0) is 14.4. The van der Waals surface area contributed by atoms with E-state index in [1.165, 1.54) is 0 Å². The van der Waals surface area contributed by atoms with Gasteiger partial charge < -0.3 is 19.9 Å². The Morgan fingerprint density at radius 2 is 2.30 bits per heavy atom. The fourth-order valence-electron chi connectivity index (χ4n) is 1.80. The Hall–Kier alpha value is -1.61. The average Bonchev–Trinajstić information content (AvgIpc) is 2.85. The smallest absolute Gasteiger partial charge is 0.261 e. The highest BCUT2D eigenvalue weighted by Gasteiger charge is 2.24. The Balaban J connectivity index is 1.75. The number of hydrogen-bond acceptors (Lipinski definition) is 6.